The minimum atomic E-state index is -0.125. The van der Waals surface area contributed by atoms with E-state index in [9.17, 15) is 4.79 Å². The Morgan fingerprint density at radius 3 is 2.65 bits per heavy atom. The number of hydrogen-bond donors (Lipinski definition) is 2. The molecule has 0 fully saturated rings. The smallest absolute Gasteiger partial charge is 0.254 e. The van der Waals surface area contributed by atoms with E-state index < -0.39 is 0 Å². The number of aromatic nitrogens is 2. The Kier molecular flexibility index (Phi) is 6.00. The number of aryl methyl sites for hydroxylation is 2. The molecule has 26 heavy (non-hydrogen) atoms. The largest absolute Gasteiger partial charge is 0.352 e. The molecule has 1 heterocycles. The van der Waals surface area contributed by atoms with Crippen LogP contribution >= 0.6 is 0 Å². The number of anilines is 2. The predicted molar refractivity (Wildman–Crippen MR) is 105 cm³/mol. The van der Waals surface area contributed by atoms with E-state index in [1.807, 2.05) is 19.1 Å². The Morgan fingerprint density at radius 2 is 1.96 bits per heavy atom. The van der Waals surface area contributed by atoms with Crippen LogP contribution in [0.5, 0.6) is 0 Å². The molecule has 0 radical (unpaired) electrons. The van der Waals surface area contributed by atoms with Crippen molar-refractivity contribution in [2.24, 2.45) is 0 Å². The minimum Gasteiger partial charge on any atom is -0.352 e. The molecule has 0 aliphatic heterocycles. The van der Waals surface area contributed by atoms with Crippen molar-refractivity contribution in [3.63, 3.8) is 0 Å². The lowest BCUT2D eigenvalue weighted by Gasteiger charge is -2.13. The van der Waals surface area contributed by atoms with Gasteiger partial charge in [0.15, 0.2) is 0 Å². The Labute approximate surface area is 155 Å². The SMILES string of the molecule is Cc1ccc(Nc2ncc(C(=O)NCCC3=CCCCC3)cn2)c(C)c1. The van der Waals surface area contributed by atoms with Gasteiger partial charge in [0.1, 0.15) is 0 Å². The number of nitrogens with one attached hydrogen (secondary N) is 2. The summed E-state index contributed by atoms with van der Waals surface area (Å²) in [4.78, 5) is 20.7. The Balaban J connectivity index is 1.53. The Morgan fingerprint density at radius 1 is 1.15 bits per heavy atom. The highest BCUT2D eigenvalue weighted by molar-refractivity contribution is 5.93. The van der Waals surface area contributed by atoms with Gasteiger partial charge in [0.2, 0.25) is 5.95 Å². The third kappa shape index (κ3) is 4.91. The van der Waals surface area contributed by atoms with Gasteiger partial charge in [0.05, 0.1) is 5.56 Å². The number of carbonyl (C=O) groups excluding carboxylic acids is 1. The number of carbonyl (C=O) groups is 1. The number of benzene rings is 1. The van der Waals surface area contributed by atoms with Gasteiger partial charge in [0.25, 0.3) is 5.91 Å². The van der Waals surface area contributed by atoms with Crippen LogP contribution in [-0.4, -0.2) is 22.4 Å². The first-order valence-electron chi connectivity index (χ1n) is 9.24. The van der Waals surface area contributed by atoms with Crippen LogP contribution in [0, 0.1) is 13.8 Å². The van der Waals surface area contributed by atoms with E-state index in [-0.39, 0.29) is 5.91 Å². The number of hydrogen-bond acceptors (Lipinski definition) is 4. The summed E-state index contributed by atoms with van der Waals surface area (Å²) in [7, 11) is 0. The van der Waals surface area contributed by atoms with Gasteiger partial charge in [-0.05, 0) is 57.6 Å². The lowest BCUT2D eigenvalue weighted by atomic mass is 9.97. The van der Waals surface area contributed by atoms with Crippen molar-refractivity contribution in [1.82, 2.24) is 15.3 Å². The van der Waals surface area contributed by atoms with Crippen LogP contribution in [0.1, 0.15) is 53.6 Å². The fraction of sp³-hybridized carbons (Fsp3) is 0.381. The van der Waals surface area contributed by atoms with Crippen molar-refractivity contribution in [3.8, 4) is 0 Å². The van der Waals surface area contributed by atoms with Crippen LogP contribution in [0.15, 0.2) is 42.2 Å². The fourth-order valence-electron chi connectivity index (χ4n) is 3.15. The number of amides is 1. The Bertz CT molecular complexity index is 796. The molecule has 5 nitrogen and oxygen atoms in total. The zero-order chi connectivity index (χ0) is 18.4. The van der Waals surface area contributed by atoms with E-state index in [1.54, 1.807) is 12.4 Å². The van der Waals surface area contributed by atoms with Gasteiger partial charge in [0, 0.05) is 24.6 Å². The molecule has 0 saturated heterocycles. The molecule has 0 atom stereocenters. The van der Waals surface area contributed by atoms with E-state index in [0.29, 0.717) is 18.1 Å². The summed E-state index contributed by atoms with van der Waals surface area (Å²) in [5.41, 5.74) is 5.25. The Hall–Kier alpha value is -2.69. The summed E-state index contributed by atoms with van der Waals surface area (Å²) < 4.78 is 0. The van der Waals surface area contributed by atoms with E-state index >= 15 is 0 Å². The number of rotatable bonds is 6. The highest BCUT2D eigenvalue weighted by Crippen LogP contribution is 2.20. The summed E-state index contributed by atoms with van der Waals surface area (Å²) in [6, 6.07) is 6.15. The molecule has 1 aromatic carbocycles. The molecule has 2 aromatic rings. The molecule has 5 heteroatoms. The quantitative estimate of drug-likeness (QED) is 0.755. The van der Waals surface area contributed by atoms with E-state index in [2.05, 4.69) is 39.7 Å². The average Bonchev–Trinajstić information content (AvgIpc) is 2.65. The molecular weight excluding hydrogens is 324 g/mol. The van der Waals surface area contributed by atoms with Gasteiger partial charge in [-0.15, -0.1) is 0 Å². The lowest BCUT2D eigenvalue weighted by molar-refractivity contribution is 0.0953. The van der Waals surface area contributed by atoms with E-state index in [4.69, 9.17) is 0 Å². The summed E-state index contributed by atoms with van der Waals surface area (Å²) in [5, 5.41) is 6.14. The number of allylic oxidation sites excluding steroid dienone is 1. The van der Waals surface area contributed by atoms with Gasteiger partial charge in [-0.25, -0.2) is 9.97 Å². The molecular formula is C21H26N4O. The van der Waals surface area contributed by atoms with Crippen molar-refractivity contribution in [2.45, 2.75) is 46.0 Å². The third-order valence-electron chi connectivity index (χ3n) is 4.66. The first kappa shape index (κ1) is 18.1. The van der Waals surface area contributed by atoms with Crippen LogP contribution in [0.2, 0.25) is 0 Å². The highest BCUT2D eigenvalue weighted by atomic mass is 16.1. The summed E-state index contributed by atoms with van der Waals surface area (Å²) in [6.45, 7) is 4.76. The second-order valence-corrected chi connectivity index (χ2v) is 6.85. The summed E-state index contributed by atoms with van der Waals surface area (Å²) in [6.07, 6.45) is 11.3. The van der Waals surface area contributed by atoms with Crippen LogP contribution in [0.25, 0.3) is 0 Å². The standard InChI is InChI=1S/C21H26N4O/c1-15-8-9-19(16(2)12-15)25-21-23-13-18(14-24-21)20(26)22-11-10-17-6-4-3-5-7-17/h6,8-9,12-14H,3-5,7,10-11H2,1-2H3,(H,22,26)(H,23,24,25). The topological polar surface area (TPSA) is 66.9 Å². The monoisotopic (exact) mass is 350 g/mol. The average molecular weight is 350 g/mol. The second-order valence-electron chi connectivity index (χ2n) is 6.85. The van der Waals surface area contributed by atoms with Crippen molar-refractivity contribution in [2.75, 3.05) is 11.9 Å². The van der Waals surface area contributed by atoms with Crippen LogP contribution in [0.4, 0.5) is 11.6 Å². The molecule has 0 saturated carbocycles. The van der Waals surface area contributed by atoms with Crippen molar-refractivity contribution in [3.05, 3.63) is 58.9 Å². The van der Waals surface area contributed by atoms with Gasteiger partial charge in [-0.1, -0.05) is 29.3 Å². The molecule has 0 unspecified atom stereocenters. The maximum atomic E-state index is 12.2. The maximum Gasteiger partial charge on any atom is 0.254 e. The van der Waals surface area contributed by atoms with Crippen molar-refractivity contribution >= 4 is 17.5 Å². The van der Waals surface area contributed by atoms with Gasteiger partial charge in [-0.3, -0.25) is 4.79 Å². The summed E-state index contributed by atoms with van der Waals surface area (Å²) >= 11 is 0. The fourth-order valence-corrected chi connectivity index (χ4v) is 3.15. The van der Waals surface area contributed by atoms with E-state index in [0.717, 1.165) is 24.1 Å². The molecule has 1 aromatic heterocycles. The molecule has 136 valence electrons. The molecule has 3 rings (SSSR count). The van der Waals surface area contributed by atoms with Crippen LogP contribution in [0.3, 0.4) is 0 Å². The van der Waals surface area contributed by atoms with E-state index in [1.165, 1.54) is 30.4 Å². The predicted octanol–water partition coefficient (Wildman–Crippen LogP) is 4.46. The molecule has 1 aliphatic carbocycles. The van der Waals surface area contributed by atoms with Gasteiger partial charge in [-0.2, -0.15) is 0 Å². The zero-order valence-electron chi connectivity index (χ0n) is 15.5. The molecule has 2 N–H and O–H groups in total. The van der Waals surface area contributed by atoms with Gasteiger partial charge >= 0.3 is 0 Å². The number of nitrogens with zero attached hydrogens (tertiary/aromatic N) is 2. The summed E-state index contributed by atoms with van der Waals surface area (Å²) in [5.74, 6) is 0.361. The first-order valence-corrected chi connectivity index (χ1v) is 9.24. The van der Waals surface area contributed by atoms with Crippen molar-refractivity contribution in [1.29, 1.82) is 0 Å². The molecule has 0 spiro atoms. The molecule has 1 amide bonds. The maximum absolute atomic E-state index is 12.2. The second kappa shape index (κ2) is 8.61. The van der Waals surface area contributed by atoms with Crippen molar-refractivity contribution < 1.29 is 4.79 Å². The zero-order valence-corrected chi connectivity index (χ0v) is 15.5. The minimum absolute atomic E-state index is 0.125. The lowest BCUT2D eigenvalue weighted by Crippen LogP contribution is -2.25. The third-order valence-corrected chi connectivity index (χ3v) is 4.66. The normalized spacial score (nSPS) is 13.8. The highest BCUT2D eigenvalue weighted by Gasteiger charge is 2.09. The molecule has 0 bridgehead atoms. The van der Waals surface area contributed by atoms with Crippen LogP contribution in [-0.2, 0) is 0 Å². The molecule has 1 aliphatic rings. The van der Waals surface area contributed by atoms with Gasteiger partial charge < -0.3 is 10.6 Å². The first-order chi connectivity index (χ1) is 12.6. The van der Waals surface area contributed by atoms with Crippen LogP contribution < -0.4 is 10.6 Å².